The van der Waals surface area contributed by atoms with Crippen LogP contribution in [0.2, 0.25) is 0 Å². The van der Waals surface area contributed by atoms with Crippen molar-refractivity contribution in [1.82, 2.24) is 5.32 Å². The molecule has 0 radical (unpaired) electrons. The second-order valence-corrected chi connectivity index (χ2v) is 6.77. The average Bonchev–Trinajstić information content (AvgIpc) is 2.91. The van der Waals surface area contributed by atoms with Crippen molar-refractivity contribution in [3.05, 3.63) is 61.8 Å². The molecule has 2 aromatic rings. The Labute approximate surface area is 140 Å². The van der Waals surface area contributed by atoms with E-state index in [-0.39, 0.29) is 5.82 Å². The van der Waals surface area contributed by atoms with Crippen molar-refractivity contribution in [1.29, 1.82) is 0 Å². The van der Waals surface area contributed by atoms with Gasteiger partial charge in [-0.05, 0) is 51.3 Å². The molecule has 0 saturated carbocycles. The molecule has 0 aliphatic carbocycles. The summed E-state index contributed by atoms with van der Waals surface area (Å²) in [6, 6.07) is 9.25. The quantitative estimate of drug-likeness (QED) is 0.790. The Morgan fingerprint density at radius 2 is 2.00 bits per heavy atom. The van der Waals surface area contributed by atoms with Gasteiger partial charge in [0.1, 0.15) is 11.6 Å². The van der Waals surface area contributed by atoms with Gasteiger partial charge in [-0.25, -0.2) is 4.39 Å². The van der Waals surface area contributed by atoms with Crippen LogP contribution in [0.1, 0.15) is 16.7 Å². The van der Waals surface area contributed by atoms with E-state index in [1.54, 1.807) is 12.1 Å². The number of hydrogen-bond donors (Lipinski definition) is 1. The Hall–Kier alpha value is -0.910. The number of rotatable bonds is 4. The van der Waals surface area contributed by atoms with E-state index in [0.29, 0.717) is 11.0 Å². The fourth-order valence-corrected chi connectivity index (χ4v) is 3.45. The lowest BCUT2D eigenvalue weighted by Crippen LogP contribution is -2.13. The number of benzene rings is 2. The predicted octanol–water partition coefficient (Wildman–Crippen LogP) is 4.58. The van der Waals surface area contributed by atoms with Gasteiger partial charge in [-0.2, -0.15) is 0 Å². The molecule has 2 aromatic carbocycles. The molecule has 0 spiro atoms. The van der Waals surface area contributed by atoms with Crippen LogP contribution in [0.15, 0.2) is 39.3 Å². The summed E-state index contributed by atoms with van der Waals surface area (Å²) < 4.78 is 20.5. The first-order chi connectivity index (χ1) is 10.1. The van der Waals surface area contributed by atoms with Gasteiger partial charge in [-0.1, -0.05) is 22.0 Å². The molecule has 5 heteroatoms. The van der Waals surface area contributed by atoms with Crippen LogP contribution in [0.25, 0.3) is 0 Å². The average molecular weight is 415 g/mol. The van der Waals surface area contributed by atoms with Crippen LogP contribution in [-0.2, 0) is 19.5 Å². The van der Waals surface area contributed by atoms with E-state index in [0.717, 1.165) is 40.9 Å². The maximum atomic E-state index is 13.2. The zero-order valence-corrected chi connectivity index (χ0v) is 14.4. The number of halogens is 3. The van der Waals surface area contributed by atoms with Crippen LogP contribution in [0.5, 0.6) is 5.75 Å². The SMILES string of the molecule is Fc1ccc(CNCc2cc(Br)cc3c2OCC3)cc1Br. The minimum absolute atomic E-state index is 0.239. The highest BCUT2D eigenvalue weighted by molar-refractivity contribution is 9.10. The molecular weight excluding hydrogens is 401 g/mol. The van der Waals surface area contributed by atoms with Gasteiger partial charge < -0.3 is 10.1 Å². The highest BCUT2D eigenvalue weighted by atomic mass is 79.9. The molecule has 0 amide bonds. The highest BCUT2D eigenvalue weighted by Gasteiger charge is 2.17. The minimum atomic E-state index is -0.239. The molecule has 0 fully saturated rings. The summed E-state index contributed by atoms with van der Waals surface area (Å²) in [5.41, 5.74) is 3.44. The zero-order valence-electron chi connectivity index (χ0n) is 11.3. The van der Waals surface area contributed by atoms with E-state index in [1.165, 1.54) is 11.6 Å². The Morgan fingerprint density at radius 3 is 2.81 bits per heavy atom. The van der Waals surface area contributed by atoms with Gasteiger partial charge in [0, 0.05) is 29.5 Å². The molecule has 0 bridgehead atoms. The van der Waals surface area contributed by atoms with E-state index >= 15 is 0 Å². The first kappa shape index (κ1) is 15.0. The van der Waals surface area contributed by atoms with Crippen LogP contribution >= 0.6 is 31.9 Å². The topological polar surface area (TPSA) is 21.3 Å². The molecule has 2 nitrogen and oxygen atoms in total. The lowest BCUT2D eigenvalue weighted by atomic mass is 10.1. The lowest BCUT2D eigenvalue weighted by molar-refractivity contribution is 0.352. The highest BCUT2D eigenvalue weighted by Crippen LogP contribution is 2.32. The van der Waals surface area contributed by atoms with Gasteiger partial charge in [0.15, 0.2) is 0 Å². The number of hydrogen-bond acceptors (Lipinski definition) is 2. The lowest BCUT2D eigenvalue weighted by Gasteiger charge is -2.11. The summed E-state index contributed by atoms with van der Waals surface area (Å²) in [5, 5.41) is 3.38. The Morgan fingerprint density at radius 1 is 1.14 bits per heavy atom. The van der Waals surface area contributed by atoms with Crippen molar-refractivity contribution in [3.63, 3.8) is 0 Å². The normalized spacial score (nSPS) is 13.1. The molecule has 1 aliphatic rings. The third kappa shape index (κ3) is 3.47. The van der Waals surface area contributed by atoms with Crippen LogP contribution in [0.4, 0.5) is 4.39 Å². The number of fused-ring (bicyclic) bond motifs is 1. The zero-order chi connectivity index (χ0) is 14.8. The van der Waals surface area contributed by atoms with E-state index in [1.807, 2.05) is 0 Å². The molecule has 0 saturated heterocycles. The van der Waals surface area contributed by atoms with E-state index in [9.17, 15) is 4.39 Å². The molecule has 1 aliphatic heterocycles. The van der Waals surface area contributed by atoms with E-state index in [2.05, 4.69) is 49.3 Å². The van der Waals surface area contributed by atoms with Crippen molar-refractivity contribution in [2.45, 2.75) is 19.5 Å². The fourth-order valence-electron chi connectivity index (χ4n) is 2.47. The van der Waals surface area contributed by atoms with Crippen molar-refractivity contribution < 1.29 is 9.13 Å². The van der Waals surface area contributed by atoms with E-state index in [4.69, 9.17) is 4.74 Å². The van der Waals surface area contributed by atoms with E-state index < -0.39 is 0 Å². The fraction of sp³-hybridized carbons (Fsp3) is 0.250. The van der Waals surface area contributed by atoms with Crippen molar-refractivity contribution in [3.8, 4) is 5.75 Å². The Bertz CT molecular complexity index is 676. The van der Waals surface area contributed by atoms with Crippen molar-refractivity contribution >= 4 is 31.9 Å². The van der Waals surface area contributed by atoms with Crippen LogP contribution in [0, 0.1) is 5.82 Å². The standard InChI is InChI=1S/C16H14Br2FNO/c17-13-6-11-3-4-21-16(11)12(7-13)9-20-8-10-1-2-15(19)14(18)5-10/h1-2,5-7,20H,3-4,8-9H2. The number of ether oxygens (including phenoxy) is 1. The van der Waals surface area contributed by atoms with Gasteiger partial charge in [0.05, 0.1) is 11.1 Å². The first-order valence-electron chi connectivity index (χ1n) is 6.72. The first-order valence-corrected chi connectivity index (χ1v) is 8.31. The Kier molecular flexibility index (Phi) is 4.62. The summed E-state index contributed by atoms with van der Waals surface area (Å²) >= 11 is 6.74. The molecule has 0 atom stereocenters. The summed E-state index contributed by atoms with van der Waals surface area (Å²) in [4.78, 5) is 0. The summed E-state index contributed by atoms with van der Waals surface area (Å²) in [7, 11) is 0. The van der Waals surface area contributed by atoms with Crippen molar-refractivity contribution in [2.24, 2.45) is 0 Å². The van der Waals surface area contributed by atoms with Gasteiger partial charge >= 0.3 is 0 Å². The van der Waals surface area contributed by atoms with Crippen LogP contribution in [0.3, 0.4) is 0 Å². The molecule has 1 heterocycles. The van der Waals surface area contributed by atoms with Gasteiger partial charge in [0.25, 0.3) is 0 Å². The summed E-state index contributed by atoms with van der Waals surface area (Å²) in [6.07, 6.45) is 0.965. The van der Waals surface area contributed by atoms with Crippen LogP contribution in [-0.4, -0.2) is 6.61 Å². The molecule has 1 N–H and O–H groups in total. The summed E-state index contributed by atoms with van der Waals surface area (Å²) in [5.74, 6) is 0.767. The molecule has 0 unspecified atom stereocenters. The molecular formula is C16H14Br2FNO. The molecule has 0 aromatic heterocycles. The van der Waals surface area contributed by atoms with Crippen LogP contribution < -0.4 is 10.1 Å². The van der Waals surface area contributed by atoms with Gasteiger partial charge in [-0.3, -0.25) is 0 Å². The van der Waals surface area contributed by atoms with Crippen molar-refractivity contribution in [2.75, 3.05) is 6.61 Å². The summed E-state index contributed by atoms with van der Waals surface area (Å²) in [6.45, 7) is 2.15. The monoisotopic (exact) mass is 413 g/mol. The predicted molar refractivity (Wildman–Crippen MR) is 88.0 cm³/mol. The second-order valence-electron chi connectivity index (χ2n) is 5.00. The second kappa shape index (κ2) is 6.46. The van der Waals surface area contributed by atoms with Gasteiger partial charge in [0.2, 0.25) is 0 Å². The third-order valence-electron chi connectivity index (χ3n) is 3.45. The largest absolute Gasteiger partial charge is 0.493 e. The maximum Gasteiger partial charge on any atom is 0.137 e. The minimum Gasteiger partial charge on any atom is -0.493 e. The molecule has 110 valence electrons. The van der Waals surface area contributed by atoms with Gasteiger partial charge in [-0.15, -0.1) is 0 Å². The molecule has 3 rings (SSSR count). The smallest absolute Gasteiger partial charge is 0.137 e. The third-order valence-corrected chi connectivity index (χ3v) is 4.52. The maximum absolute atomic E-state index is 13.2. The Balaban J connectivity index is 1.67. The number of nitrogens with one attached hydrogen (secondary N) is 1. The molecule has 21 heavy (non-hydrogen) atoms.